The SMILES string of the molecule is CC(C)(O)[C@@H](NC(=O)Nc1cc2cnn(-c3ncc4c(n3)CN(C(=O)O)CC4)c2cn1)c1ccc(F)cc1. The van der Waals surface area contributed by atoms with Crippen LogP contribution in [0.3, 0.4) is 0 Å². The first-order valence-electron chi connectivity index (χ1n) is 11.8. The number of carbonyl (C=O) groups excluding carboxylic acids is 1. The molecule has 0 bridgehead atoms. The highest BCUT2D eigenvalue weighted by molar-refractivity contribution is 5.91. The van der Waals surface area contributed by atoms with Gasteiger partial charge in [0, 0.05) is 18.1 Å². The first-order chi connectivity index (χ1) is 18.1. The largest absolute Gasteiger partial charge is 0.465 e. The molecule has 5 rings (SSSR count). The number of nitrogens with one attached hydrogen (secondary N) is 2. The van der Waals surface area contributed by atoms with Crippen molar-refractivity contribution in [2.45, 2.75) is 38.5 Å². The number of rotatable bonds is 5. The van der Waals surface area contributed by atoms with E-state index in [1.54, 1.807) is 32.3 Å². The molecule has 3 aromatic heterocycles. The highest BCUT2D eigenvalue weighted by Crippen LogP contribution is 2.26. The number of pyridine rings is 1. The van der Waals surface area contributed by atoms with Gasteiger partial charge < -0.3 is 20.4 Å². The Hall–Kier alpha value is -4.65. The van der Waals surface area contributed by atoms with E-state index in [0.717, 1.165) is 5.56 Å². The highest BCUT2D eigenvalue weighted by atomic mass is 19.1. The molecule has 12 nitrogen and oxygen atoms in total. The Morgan fingerprint density at radius 3 is 2.61 bits per heavy atom. The molecule has 1 aliphatic heterocycles. The molecule has 4 N–H and O–H groups in total. The molecular weight excluding hydrogens is 495 g/mol. The predicted molar refractivity (Wildman–Crippen MR) is 134 cm³/mol. The van der Waals surface area contributed by atoms with Crippen LogP contribution in [0.25, 0.3) is 16.9 Å². The summed E-state index contributed by atoms with van der Waals surface area (Å²) >= 11 is 0. The molecule has 196 valence electrons. The molecular formula is C25H25FN8O4. The van der Waals surface area contributed by atoms with Crippen molar-refractivity contribution < 1.29 is 24.2 Å². The fourth-order valence-corrected chi connectivity index (χ4v) is 4.32. The maximum absolute atomic E-state index is 13.3. The van der Waals surface area contributed by atoms with Gasteiger partial charge in [-0.1, -0.05) is 12.1 Å². The van der Waals surface area contributed by atoms with Crippen LogP contribution in [0.4, 0.5) is 19.8 Å². The molecule has 1 aliphatic rings. The Bertz CT molecular complexity index is 1520. The Morgan fingerprint density at radius 2 is 1.89 bits per heavy atom. The van der Waals surface area contributed by atoms with Gasteiger partial charge in [-0.2, -0.15) is 9.78 Å². The third-order valence-electron chi connectivity index (χ3n) is 6.27. The molecule has 0 radical (unpaired) electrons. The van der Waals surface area contributed by atoms with Crippen LogP contribution in [-0.4, -0.2) is 64.1 Å². The van der Waals surface area contributed by atoms with Gasteiger partial charge in [-0.15, -0.1) is 0 Å². The van der Waals surface area contributed by atoms with E-state index >= 15 is 0 Å². The molecule has 38 heavy (non-hydrogen) atoms. The topological polar surface area (TPSA) is 158 Å². The van der Waals surface area contributed by atoms with Gasteiger partial charge in [0.2, 0.25) is 0 Å². The number of carbonyl (C=O) groups is 2. The lowest BCUT2D eigenvalue weighted by Gasteiger charge is -2.30. The third-order valence-corrected chi connectivity index (χ3v) is 6.27. The zero-order valence-electron chi connectivity index (χ0n) is 20.6. The molecule has 13 heteroatoms. The van der Waals surface area contributed by atoms with Gasteiger partial charge in [-0.3, -0.25) is 5.32 Å². The van der Waals surface area contributed by atoms with Gasteiger partial charge in [0.25, 0.3) is 5.95 Å². The van der Waals surface area contributed by atoms with Crippen molar-refractivity contribution in [1.82, 2.24) is 34.9 Å². The van der Waals surface area contributed by atoms with Gasteiger partial charge in [0.05, 0.1) is 41.8 Å². The fourth-order valence-electron chi connectivity index (χ4n) is 4.32. The number of hydrogen-bond acceptors (Lipinski definition) is 7. The van der Waals surface area contributed by atoms with E-state index in [-0.39, 0.29) is 18.3 Å². The Labute approximate surface area is 216 Å². The molecule has 1 atom stereocenters. The second-order valence-corrected chi connectivity index (χ2v) is 9.52. The number of hydrogen-bond donors (Lipinski definition) is 4. The fraction of sp³-hybridized carbons (Fsp3) is 0.280. The molecule has 0 fully saturated rings. The van der Waals surface area contributed by atoms with E-state index in [1.807, 2.05) is 0 Å². The molecule has 1 aromatic carbocycles. The molecule has 3 amide bonds. The highest BCUT2D eigenvalue weighted by Gasteiger charge is 2.30. The van der Waals surface area contributed by atoms with Crippen molar-refractivity contribution in [2.24, 2.45) is 0 Å². The Balaban J connectivity index is 1.34. The van der Waals surface area contributed by atoms with E-state index in [1.165, 1.54) is 40.0 Å². The quantitative estimate of drug-likeness (QED) is 0.313. The maximum Gasteiger partial charge on any atom is 0.407 e. The van der Waals surface area contributed by atoms with E-state index in [4.69, 9.17) is 0 Å². The number of amides is 3. The molecule has 0 aliphatic carbocycles. The zero-order chi connectivity index (χ0) is 27.0. The van der Waals surface area contributed by atoms with Crippen LogP contribution in [0.5, 0.6) is 0 Å². The van der Waals surface area contributed by atoms with Crippen LogP contribution in [0.2, 0.25) is 0 Å². The van der Waals surface area contributed by atoms with Crippen molar-refractivity contribution in [3.05, 3.63) is 71.6 Å². The monoisotopic (exact) mass is 520 g/mol. The number of urea groups is 1. The summed E-state index contributed by atoms with van der Waals surface area (Å²) in [6.07, 6.45) is 4.30. The van der Waals surface area contributed by atoms with E-state index < -0.39 is 29.6 Å². The number of carboxylic acid groups (broad SMARTS) is 1. The number of aliphatic hydroxyl groups is 1. The minimum Gasteiger partial charge on any atom is -0.465 e. The second-order valence-electron chi connectivity index (χ2n) is 9.52. The molecule has 4 heterocycles. The summed E-state index contributed by atoms with van der Waals surface area (Å²) in [7, 11) is 0. The summed E-state index contributed by atoms with van der Waals surface area (Å²) in [5.41, 5.74) is 1.31. The number of benzene rings is 1. The number of nitrogens with zero attached hydrogens (tertiary/aromatic N) is 6. The van der Waals surface area contributed by atoms with Gasteiger partial charge >= 0.3 is 12.1 Å². The summed E-state index contributed by atoms with van der Waals surface area (Å²) in [4.78, 5) is 38.6. The van der Waals surface area contributed by atoms with Crippen molar-refractivity contribution in [1.29, 1.82) is 0 Å². The summed E-state index contributed by atoms with van der Waals surface area (Å²) in [5.74, 6) is 0.0962. The smallest absolute Gasteiger partial charge is 0.407 e. The van der Waals surface area contributed by atoms with Crippen LogP contribution in [0.1, 0.15) is 36.7 Å². The average Bonchev–Trinajstić information content (AvgIpc) is 3.30. The summed E-state index contributed by atoms with van der Waals surface area (Å²) < 4.78 is 14.8. The van der Waals surface area contributed by atoms with Crippen LogP contribution in [-0.2, 0) is 13.0 Å². The van der Waals surface area contributed by atoms with Crippen molar-refractivity contribution in [3.63, 3.8) is 0 Å². The maximum atomic E-state index is 13.3. The lowest BCUT2D eigenvalue weighted by atomic mass is 9.92. The lowest BCUT2D eigenvalue weighted by molar-refractivity contribution is 0.0415. The van der Waals surface area contributed by atoms with Crippen LogP contribution in [0.15, 0.2) is 48.9 Å². The Morgan fingerprint density at radius 1 is 1.13 bits per heavy atom. The first-order valence-corrected chi connectivity index (χ1v) is 11.8. The minimum atomic E-state index is -1.33. The first kappa shape index (κ1) is 25.0. The van der Waals surface area contributed by atoms with E-state index in [9.17, 15) is 24.2 Å². The number of halogens is 1. The predicted octanol–water partition coefficient (Wildman–Crippen LogP) is 3.02. The molecule has 4 aromatic rings. The van der Waals surface area contributed by atoms with E-state index in [2.05, 4.69) is 30.7 Å². The standard InChI is InChI=1S/C25H25FN8O4/c1-25(2,38)21(14-3-5-17(26)6-4-14)32-23(35)31-20-9-16-11-29-34(19(16)12-27-20)22-28-10-15-7-8-33(24(36)37)13-18(15)30-22/h3-6,9-12,21,38H,7-8,13H2,1-2H3,(H,36,37)(H2,27,31,32,35)/t21-/m0/s1. The number of fused-ring (bicyclic) bond motifs is 2. The van der Waals surface area contributed by atoms with Crippen molar-refractivity contribution >= 4 is 28.8 Å². The average molecular weight is 521 g/mol. The van der Waals surface area contributed by atoms with E-state index in [0.29, 0.717) is 35.1 Å². The summed E-state index contributed by atoms with van der Waals surface area (Å²) in [5, 5.41) is 30.2. The lowest BCUT2D eigenvalue weighted by Crippen LogP contribution is -2.43. The molecule has 0 unspecified atom stereocenters. The van der Waals surface area contributed by atoms with Crippen LogP contribution >= 0.6 is 0 Å². The normalized spacial score (nSPS) is 14.2. The second kappa shape index (κ2) is 9.67. The van der Waals surface area contributed by atoms with Crippen LogP contribution < -0.4 is 10.6 Å². The minimum absolute atomic E-state index is 0.171. The number of anilines is 1. The van der Waals surface area contributed by atoms with Crippen molar-refractivity contribution in [2.75, 3.05) is 11.9 Å². The third kappa shape index (κ3) is 5.09. The van der Waals surface area contributed by atoms with Gasteiger partial charge in [-0.25, -0.2) is 28.9 Å². The number of aromatic nitrogens is 5. The molecule has 0 saturated heterocycles. The summed E-state index contributed by atoms with van der Waals surface area (Å²) in [6, 6.07) is 5.72. The molecule has 0 spiro atoms. The van der Waals surface area contributed by atoms with Gasteiger partial charge in [0.1, 0.15) is 11.6 Å². The van der Waals surface area contributed by atoms with Crippen molar-refractivity contribution in [3.8, 4) is 5.95 Å². The van der Waals surface area contributed by atoms with Gasteiger partial charge in [-0.05, 0) is 49.6 Å². The zero-order valence-corrected chi connectivity index (χ0v) is 20.6. The van der Waals surface area contributed by atoms with Crippen LogP contribution in [0, 0.1) is 5.82 Å². The summed E-state index contributed by atoms with van der Waals surface area (Å²) in [6.45, 7) is 3.65. The Kier molecular flexibility index (Phi) is 6.36. The molecule has 0 saturated carbocycles. The van der Waals surface area contributed by atoms with Gasteiger partial charge in [0.15, 0.2) is 0 Å².